The molecule has 0 unspecified atom stereocenters. The van der Waals surface area contributed by atoms with Crippen molar-refractivity contribution < 1.29 is 4.79 Å². The Balaban J connectivity index is 1.38. The van der Waals surface area contributed by atoms with Gasteiger partial charge < -0.3 is 4.90 Å². The van der Waals surface area contributed by atoms with Gasteiger partial charge in [0.15, 0.2) is 0 Å². The summed E-state index contributed by atoms with van der Waals surface area (Å²) < 4.78 is 1.12. The highest BCUT2D eigenvalue weighted by Gasteiger charge is 2.31. The van der Waals surface area contributed by atoms with Crippen LogP contribution in [0.15, 0.2) is 23.7 Å². The molecule has 1 amide bonds. The molecule has 5 rings (SSSR count). The Kier molecular flexibility index (Phi) is 3.19. The van der Waals surface area contributed by atoms with Crippen LogP contribution in [-0.4, -0.2) is 39.1 Å². The fourth-order valence-electron chi connectivity index (χ4n) is 3.58. The second-order valence-electron chi connectivity index (χ2n) is 6.67. The van der Waals surface area contributed by atoms with E-state index < -0.39 is 0 Å². The summed E-state index contributed by atoms with van der Waals surface area (Å²) >= 11 is 1.60. The summed E-state index contributed by atoms with van der Waals surface area (Å²) in [5, 5.41) is 7.73. The highest BCUT2D eigenvalue weighted by Crippen LogP contribution is 2.41. The zero-order chi connectivity index (χ0) is 16.1. The van der Waals surface area contributed by atoms with Gasteiger partial charge in [-0.15, -0.1) is 11.3 Å². The van der Waals surface area contributed by atoms with Crippen molar-refractivity contribution in [2.24, 2.45) is 0 Å². The number of H-pyrrole nitrogens is 1. The molecule has 122 valence electrons. The Morgan fingerprint density at radius 2 is 2.12 bits per heavy atom. The minimum absolute atomic E-state index is 0.107. The maximum atomic E-state index is 12.9. The standard InChI is InChI=1S/C18H18N4OS/c23-18(12-3-4-16-15(9-12)19-10-24-16)22-7-5-13-14(6-8-22)20-21-17(13)11-1-2-11/h3-4,9-11H,1-2,5-8H2,(H,20,21). The fraction of sp³-hybridized carbons (Fsp3) is 0.389. The molecule has 0 atom stereocenters. The summed E-state index contributed by atoms with van der Waals surface area (Å²) in [7, 11) is 0. The Morgan fingerprint density at radius 1 is 1.25 bits per heavy atom. The minimum Gasteiger partial charge on any atom is -0.338 e. The summed E-state index contributed by atoms with van der Waals surface area (Å²) in [6.45, 7) is 1.51. The molecule has 1 aromatic carbocycles. The normalized spacial score (nSPS) is 17.8. The van der Waals surface area contributed by atoms with Gasteiger partial charge in [0.25, 0.3) is 5.91 Å². The molecule has 6 heteroatoms. The van der Waals surface area contributed by atoms with Gasteiger partial charge in [-0.3, -0.25) is 9.89 Å². The van der Waals surface area contributed by atoms with Crippen LogP contribution < -0.4 is 0 Å². The molecule has 1 aliphatic heterocycles. The van der Waals surface area contributed by atoms with Gasteiger partial charge in [-0.1, -0.05) is 0 Å². The molecule has 0 spiro atoms. The highest BCUT2D eigenvalue weighted by molar-refractivity contribution is 7.16. The van der Waals surface area contributed by atoms with Crippen LogP contribution >= 0.6 is 11.3 Å². The number of nitrogens with zero attached hydrogens (tertiary/aromatic N) is 3. The van der Waals surface area contributed by atoms with Crippen LogP contribution in [0.5, 0.6) is 0 Å². The van der Waals surface area contributed by atoms with E-state index in [9.17, 15) is 4.79 Å². The number of nitrogens with one attached hydrogen (secondary N) is 1. The summed E-state index contributed by atoms with van der Waals surface area (Å²) in [5.74, 6) is 0.760. The van der Waals surface area contributed by atoms with Crippen LogP contribution in [0.1, 0.15) is 46.1 Å². The first-order chi connectivity index (χ1) is 11.8. The highest BCUT2D eigenvalue weighted by atomic mass is 32.1. The topological polar surface area (TPSA) is 61.9 Å². The lowest BCUT2D eigenvalue weighted by molar-refractivity contribution is 0.0763. The van der Waals surface area contributed by atoms with E-state index in [1.54, 1.807) is 11.3 Å². The van der Waals surface area contributed by atoms with Gasteiger partial charge in [0, 0.05) is 36.7 Å². The van der Waals surface area contributed by atoms with Crippen molar-refractivity contribution in [3.8, 4) is 0 Å². The lowest BCUT2D eigenvalue weighted by atomic mass is 10.1. The van der Waals surface area contributed by atoms with Crippen molar-refractivity contribution in [1.82, 2.24) is 20.1 Å². The molecular weight excluding hydrogens is 320 g/mol. The van der Waals surface area contributed by atoms with Gasteiger partial charge in [-0.25, -0.2) is 4.98 Å². The van der Waals surface area contributed by atoms with Crippen LogP contribution in [-0.2, 0) is 12.8 Å². The van der Waals surface area contributed by atoms with E-state index in [0.29, 0.717) is 5.92 Å². The number of rotatable bonds is 2. The van der Waals surface area contributed by atoms with Crippen LogP contribution in [0.4, 0.5) is 0 Å². The van der Waals surface area contributed by atoms with E-state index in [0.717, 1.165) is 41.7 Å². The number of fused-ring (bicyclic) bond motifs is 2. The summed E-state index contributed by atoms with van der Waals surface area (Å²) in [5.41, 5.74) is 7.31. The Morgan fingerprint density at radius 3 is 3.00 bits per heavy atom. The third-order valence-corrected chi connectivity index (χ3v) is 5.89. The Hall–Kier alpha value is -2.21. The Labute approximate surface area is 143 Å². The molecule has 2 aliphatic rings. The van der Waals surface area contributed by atoms with Crippen LogP contribution in [0.25, 0.3) is 10.2 Å². The van der Waals surface area contributed by atoms with Crippen LogP contribution in [0.3, 0.4) is 0 Å². The van der Waals surface area contributed by atoms with Crippen molar-refractivity contribution in [1.29, 1.82) is 0 Å². The van der Waals surface area contributed by atoms with Crippen LogP contribution in [0.2, 0.25) is 0 Å². The van der Waals surface area contributed by atoms with E-state index in [2.05, 4.69) is 15.2 Å². The van der Waals surface area contributed by atoms with Crippen molar-refractivity contribution in [2.75, 3.05) is 13.1 Å². The predicted octanol–water partition coefficient (Wildman–Crippen LogP) is 3.14. The van der Waals surface area contributed by atoms with Crippen molar-refractivity contribution in [2.45, 2.75) is 31.6 Å². The summed E-state index contributed by atoms with van der Waals surface area (Å²) in [6.07, 6.45) is 4.28. The number of aromatic amines is 1. The average Bonchev–Trinajstić information content (AvgIpc) is 3.27. The first-order valence-electron chi connectivity index (χ1n) is 8.48. The molecule has 3 heterocycles. The van der Waals surface area contributed by atoms with Gasteiger partial charge in [-0.2, -0.15) is 5.10 Å². The van der Waals surface area contributed by atoms with Crippen LogP contribution in [0, 0.1) is 0 Å². The SMILES string of the molecule is O=C(c1ccc2scnc2c1)N1CCc2[nH]nc(C3CC3)c2CC1. The third-order valence-electron chi connectivity index (χ3n) is 5.08. The molecule has 5 nitrogen and oxygen atoms in total. The zero-order valence-corrected chi connectivity index (χ0v) is 14.1. The Bertz CT molecular complexity index is 924. The zero-order valence-electron chi connectivity index (χ0n) is 13.3. The number of hydrogen-bond donors (Lipinski definition) is 1. The van der Waals surface area contributed by atoms with E-state index in [1.165, 1.54) is 29.8 Å². The van der Waals surface area contributed by atoms with Gasteiger partial charge >= 0.3 is 0 Å². The monoisotopic (exact) mass is 338 g/mol. The third kappa shape index (κ3) is 2.33. The maximum Gasteiger partial charge on any atom is 0.253 e. The number of thiazole rings is 1. The second-order valence-corrected chi connectivity index (χ2v) is 7.55. The number of benzene rings is 1. The van der Waals surface area contributed by atoms with Crippen molar-refractivity contribution >= 4 is 27.5 Å². The molecule has 0 radical (unpaired) electrons. The predicted molar refractivity (Wildman–Crippen MR) is 93.5 cm³/mol. The van der Waals surface area contributed by atoms with Gasteiger partial charge in [0.05, 0.1) is 21.4 Å². The molecule has 1 saturated carbocycles. The fourth-order valence-corrected chi connectivity index (χ4v) is 4.24. The molecule has 24 heavy (non-hydrogen) atoms. The largest absolute Gasteiger partial charge is 0.338 e. The lowest BCUT2D eigenvalue weighted by Crippen LogP contribution is -2.33. The van der Waals surface area contributed by atoms with Crippen molar-refractivity contribution in [3.63, 3.8) is 0 Å². The van der Waals surface area contributed by atoms with Gasteiger partial charge in [-0.05, 0) is 43.0 Å². The van der Waals surface area contributed by atoms with Gasteiger partial charge in [0.2, 0.25) is 0 Å². The maximum absolute atomic E-state index is 12.9. The number of aromatic nitrogens is 3. The van der Waals surface area contributed by atoms with Gasteiger partial charge in [0.1, 0.15) is 0 Å². The van der Waals surface area contributed by atoms with E-state index in [-0.39, 0.29) is 5.91 Å². The number of carbonyl (C=O) groups excluding carboxylic acids is 1. The molecule has 1 aliphatic carbocycles. The number of amides is 1. The smallest absolute Gasteiger partial charge is 0.253 e. The van der Waals surface area contributed by atoms with E-state index in [4.69, 9.17) is 0 Å². The molecule has 3 aromatic rings. The molecule has 0 saturated heterocycles. The number of carbonyl (C=O) groups is 1. The van der Waals surface area contributed by atoms with E-state index >= 15 is 0 Å². The molecule has 2 aromatic heterocycles. The van der Waals surface area contributed by atoms with Crippen molar-refractivity contribution in [3.05, 3.63) is 46.2 Å². The molecule has 1 fully saturated rings. The average molecular weight is 338 g/mol. The molecular formula is C18H18N4OS. The quantitative estimate of drug-likeness (QED) is 0.781. The first kappa shape index (κ1) is 14.2. The molecule has 1 N–H and O–H groups in total. The summed E-state index contributed by atoms with van der Waals surface area (Å²) in [6, 6.07) is 5.83. The first-order valence-corrected chi connectivity index (χ1v) is 9.36. The van der Waals surface area contributed by atoms with E-state index in [1.807, 2.05) is 28.6 Å². The number of hydrogen-bond acceptors (Lipinski definition) is 4. The summed E-state index contributed by atoms with van der Waals surface area (Å²) in [4.78, 5) is 19.2. The second kappa shape index (κ2) is 5.41. The lowest BCUT2D eigenvalue weighted by Gasteiger charge is -2.20. The minimum atomic E-state index is 0.107. The molecule has 0 bridgehead atoms.